The maximum absolute atomic E-state index is 13.6. The molecule has 6 N–H and O–H groups in total. The van der Waals surface area contributed by atoms with Gasteiger partial charge in [-0.3, -0.25) is 14.7 Å². The molecule has 0 spiro atoms. The third-order valence-corrected chi connectivity index (χ3v) is 12.1. The second kappa shape index (κ2) is 19.4. The number of ether oxygens (including phenoxy) is 3. The summed E-state index contributed by atoms with van der Waals surface area (Å²) in [5, 5.41) is 63.7. The zero-order chi connectivity index (χ0) is 40.8. The number of esters is 1. The van der Waals surface area contributed by atoms with E-state index < -0.39 is 71.9 Å². The molecule has 13 nitrogen and oxygen atoms in total. The van der Waals surface area contributed by atoms with Crippen molar-refractivity contribution >= 4 is 16.9 Å². The van der Waals surface area contributed by atoms with Crippen LogP contribution < -0.4 is 5.32 Å². The van der Waals surface area contributed by atoms with Gasteiger partial charge in [0.2, 0.25) is 0 Å². The lowest BCUT2D eigenvalue weighted by molar-refractivity contribution is -0.299. The molecule has 2 fully saturated rings. The molecule has 4 rings (SSSR count). The van der Waals surface area contributed by atoms with Crippen LogP contribution in [-0.4, -0.2) is 146 Å². The topological polar surface area (TPSA) is 177 Å². The van der Waals surface area contributed by atoms with Crippen molar-refractivity contribution in [3.05, 3.63) is 42.1 Å². The molecule has 55 heavy (non-hydrogen) atoms. The van der Waals surface area contributed by atoms with Gasteiger partial charge in [0.15, 0.2) is 6.29 Å². The number of fused-ring (bicyclic) bond motifs is 1. The lowest BCUT2D eigenvalue weighted by Crippen LogP contribution is -2.59. The third kappa shape index (κ3) is 11.0. The monoisotopic (exact) mass is 775 g/mol. The molecular weight excluding hydrogens is 704 g/mol. The predicted molar refractivity (Wildman–Crippen MR) is 212 cm³/mol. The zero-order valence-electron chi connectivity index (χ0n) is 34.8. The number of aliphatic hydroxyl groups is 5. The Morgan fingerprint density at radius 3 is 2.40 bits per heavy atom. The number of carbonyl (C=O) groups is 1. The lowest BCUT2D eigenvalue weighted by Gasteiger charge is -2.46. The van der Waals surface area contributed by atoms with Crippen LogP contribution in [0, 0.1) is 17.8 Å². The Bertz CT molecular complexity index is 1510. The minimum absolute atomic E-state index is 0.158. The van der Waals surface area contributed by atoms with Gasteiger partial charge in [0, 0.05) is 42.7 Å². The van der Waals surface area contributed by atoms with E-state index in [0.29, 0.717) is 32.6 Å². The molecule has 312 valence electrons. The summed E-state index contributed by atoms with van der Waals surface area (Å²) >= 11 is 0. The molecule has 2 aliphatic heterocycles. The standard InChI is InChI=1S/C42H70N4O9/c1-11-34-42(8,52)37(49)29(6)46(20-14-18-43-23-30-17-19-44-32-16-13-12-15-31(30)32)24-25(2)22-41(7,51)38(27(4)35(47)28(5)39(50)54-34)55-40-36(48)33(45(9)10)21-26(3)53-40/h12-13,15-17,19,25-29,33-38,40,43,47-49,51-52H,11,14,18,20-24H2,1-10H3/t25-,26-,27?,28-,29-,33+,34-,35+,36-,37-,38-,40+,41-,42-/m1/s1. The number of rotatable bonds is 10. The summed E-state index contributed by atoms with van der Waals surface area (Å²) in [5.41, 5.74) is -1.27. The van der Waals surface area contributed by atoms with Crippen molar-refractivity contribution in [2.75, 3.05) is 33.7 Å². The molecular formula is C42H70N4O9. The van der Waals surface area contributed by atoms with E-state index in [1.807, 2.05) is 70.2 Å². The highest BCUT2D eigenvalue weighted by atomic mass is 16.7. The first kappa shape index (κ1) is 45.4. The van der Waals surface area contributed by atoms with E-state index in [2.05, 4.69) is 21.3 Å². The van der Waals surface area contributed by atoms with Crippen LogP contribution in [0.2, 0.25) is 0 Å². The molecule has 13 heteroatoms. The first-order valence-electron chi connectivity index (χ1n) is 20.2. The fraction of sp³-hybridized carbons (Fsp3) is 0.762. The van der Waals surface area contributed by atoms with Gasteiger partial charge in [-0.2, -0.15) is 0 Å². The molecule has 14 atom stereocenters. The Balaban J connectivity index is 1.61. The highest BCUT2D eigenvalue weighted by Gasteiger charge is 2.50. The molecule has 2 aromatic rings. The van der Waals surface area contributed by atoms with E-state index >= 15 is 0 Å². The number of carbonyl (C=O) groups excluding carboxylic acids is 1. The number of aliphatic hydroxyl groups excluding tert-OH is 3. The number of hydrogen-bond acceptors (Lipinski definition) is 13. The van der Waals surface area contributed by atoms with Gasteiger partial charge in [-0.15, -0.1) is 0 Å². The average molecular weight is 775 g/mol. The van der Waals surface area contributed by atoms with Crippen LogP contribution in [0.1, 0.15) is 86.6 Å². The molecule has 0 aliphatic carbocycles. The summed E-state index contributed by atoms with van der Waals surface area (Å²) in [7, 11) is 3.77. The van der Waals surface area contributed by atoms with Crippen LogP contribution in [0.15, 0.2) is 36.5 Å². The second-order valence-corrected chi connectivity index (χ2v) is 17.2. The minimum atomic E-state index is -1.81. The van der Waals surface area contributed by atoms with Crippen molar-refractivity contribution in [3.63, 3.8) is 0 Å². The Kier molecular flexibility index (Phi) is 16.0. The van der Waals surface area contributed by atoms with Crippen molar-refractivity contribution in [1.29, 1.82) is 0 Å². The van der Waals surface area contributed by atoms with Crippen molar-refractivity contribution in [2.24, 2.45) is 17.8 Å². The second-order valence-electron chi connectivity index (χ2n) is 17.2. The van der Waals surface area contributed by atoms with E-state index in [4.69, 9.17) is 14.2 Å². The Morgan fingerprint density at radius 2 is 1.73 bits per heavy atom. The summed E-state index contributed by atoms with van der Waals surface area (Å²) in [4.78, 5) is 22.2. The molecule has 2 aliphatic rings. The van der Waals surface area contributed by atoms with Crippen LogP contribution in [0.3, 0.4) is 0 Å². The molecule has 1 aromatic heterocycles. The number of cyclic esters (lactones) is 1. The number of hydrogen-bond donors (Lipinski definition) is 6. The first-order valence-corrected chi connectivity index (χ1v) is 20.2. The number of benzene rings is 1. The molecule has 2 saturated heterocycles. The minimum Gasteiger partial charge on any atom is -0.459 e. The number of nitrogens with zero attached hydrogens (tertiary/aromatic N) is 3. The van der Waals surface area contributed by atoms with Crippen LogP contribution in [-0.2, 0) is 25.5 Å². The summed E-state index contributed by atoms with van der Waals surface area (Å²) < 4.78 is 18.5. The predicted octanol–water partition coefficient (Wildman–Crippen LogP) is 3.07. The van der Waals surface area contributed by atoms with Crippen LogP contribution in [0.25, 0.3) is 10.9 Å². The van der Waals surface area contributed by atoms with Crippen LogP contribution >= 0.6 is 0 Å². The molecule has 0 bridgehead atoms. The van der Waals surface area contributed by atoms with E-state index in [1.54, 1.807) is 27.7 Å². The van der Waals surface area contributed by atoms with E-state index in [-0.39, 0.29) is 30.9 Å². The maximum Gasteiger partial charge on any atom is 0.311 e. The van der Waals surface area contributed by atoms with Gasteiger partial charge in [-0.25, -0.2) is 0 Å². The van der Waals surface area contributed by atoms with E-state index in [1.165, 1.54) is 6.92 Å². The molecule has 0 amide bonds. The SMILES string of the molecule is CC[C@H]1OC(=O)[C@H](C)[C@@H](O)C(C)[C@@H](O[C@@H]2O[C@H](C)C[C@H](N(C)C)[C@H]2O)[C@](C)(O)C[C@@H](C)CN(CCCNCc2ccnc3ccccc23)[C@H](C)[C@@H](O)[C@]1(C)O. The van der Waals surface area contributed by atoms with Crippen molar-refractivity contribution in [3.8, 4) is 0 Å². The highest BCUT2D eigenvalue weighted by Crippen LogP contribution is 2.37. The van der Waals surface area contributed by atoms with E-state index in [9.17, 15) is 30.3 Å². The summed E-state index contributed by atoms with van der Waals surface area (Å²) in [6, 6.07) is 9.24. The summed E-state index contributed by atoms with van der Waals surface area (Å²) in [6.45, 7) is 16.3. The zero-order valence-corrected chi connectivity index (χ0v) is 34.8. The molecule has 3 heterocycles. The molecule has 1 aromatic carbocycles. The Labute approximate surface area is 328 Å². The lowest BCUT2D eigenvalue weighted by atomic mass is 9.78. The van der Waals surface area contributed by atoms with Crippen LogP contribution in [0.4, 0.5) is 0 Å². The largest absolute Gasteiger partial charge is 0.459 e. The first-order chi connectivity index (χ1) is 25.8. The number of aromatic nitrogens is 1. The molecule has 0 radical (unpaired) electrons. The smallest absolute Gasteiger partial charge is 0.311 e. The molecule has 1 unspecified atom stereocenters. The molecule has 0 saturated carbocycles. The average Bonchev–Trinajstić information content (AvgIpc) is 3.13. The van der Waals surface area contributed by atoms with Crippen molar-refractivity contribution in [2.45, 2.75) is 154 Å². The maximum atomic E-state index is 13.6. The van der Waals surface area contributed by atoms with Gasteiger partial charge in [0.1, 0.15) is 23.9 Å². The quantitative estimate of drug-likeness (QED) is 0.154. The van der Waals surface area contributed by atoms with Crippen molar-refractivity contribution in [1.82, 2.24) is 20.1 Å². The number of likely N-dealkylation sites (N-methyl/N-ethyl adjacent to an activating group) is 1. The fourth-order valence-electron chi connectivity index (χ4n) is 8.84. The number of pyridine rings is 1. The normalized spacial score (nSPS) is 39.1. The highest BCUT2D eigenvalue weighted by molar-refractivity contribution is 5.81. The number of nitrogens with one attached hydrogen (secondary N) is 1. The van der Waals surface area contributed by atoms with Gasteiger partial charge in [-0.1, -0.05) is 39.0 Å². The van der Waals surface area contributed by atoms with Gasteiger partial charge in [0.25, 0.3) is 0 Å². The van der Waals surface area contributed by atoms with Gasteiger partial charge < -0.3 is 50.0 Å². The van der Waals surface area contributed by atoms with Gasteiger partial charge >= 0.3 is 5.97 Å². The Hall–Kier alpha value is -2.30. The summed E-state index contributed by atoms with van der Waals surface area (Å²) in [6.07, 6.45) is -3.52. The van der Waals surface area contributed by atoms with Crippen molar-refractivity contribution < 1.29 is 44.5 Å². The third-order valence-electron chi connectivity index (χ3n) is 12.1. The van der Waals surface area contributed by atoms with E-state index in [0.717, 1.165) is 22.9 Å². The van der Waals surface area contributed by atoms with Gasteiger partial charge in [-0.05, 0) is 111 Å². The van der Waals surface area contributed by atoms with Crippen LogP contribution in [0.5, 0.6) is 0 Å². The summed E-state index contributed by atoms with van der Waals surface area (Å²) in [5.74, 6) is -2.79. The Morgan fingerprint density at radius 1 is 1.04 bits per heavy atom. The number of para-hydroxylation sites is 1. The van der Waals surface area contributed by atoms with Gasteiger partial charge in [0.05, 0.1) is 35.3 Å². The fourth-order valence-corrected chi connectivity index (χ4v) is 8.84.